The number of rotatable bonds is 5. The lowest BCUT2D eigenvalue weighted by Crippen LogP contribution is -2.16. The SMILES string of the molecule is O=COC(C(=O)CCl)c1ccccc1. The first-order chi connectivity index (χ1) is 6.79. The zero-order valence-corrected chi connectivity index (χ0v) is 8.11. The molecule has 1 atom stereocenters. The first kappa shape index (κ1) is 10.7. The number of Topliss-reactive ketones (excluding diaryl/α,β-unsaturated/α-hetero) is 1. The number of carbonyl (C=O) groups is 2. The van der Waals surface area contributed by atoms with E-state index in [1.165, 1.54) is 0 Å². The van der Waals surface area contributed by atoms with Crippen LogP contribution in [0.5, 0.6) is 0 Å². The van der Waals surface area contributed by atoms with Gasteiger partial charge in [0.15, 0.2) is 11.9 Å². The summed E-state index contributed by atoms with van der Waals surface area (Å²) in [5.74, 6) is -0.502. The quantitative estimate of drug-likeness (QED) is 0.551. The van der Waals surface area contributed by atoms with Gasteiger partial charge in [0.25, 0.3) is 6.47 Å². The van der Waals surface area contributed by atoms with Crippen LogP contribution in [0.2, 0.25) is 0 Å². The van der Waals surface area contributed by atoms with Crippen LogP contribution >= 0.6 is 11.6 Å². The summed E-state index contributed by atoms with van der Waals surface area (Å²) in [5, 5.41) is 0. The molecule has 4 heteroatoms. The van der Waals surface area contributed by atoms with Gasteiger partial charge in [0.2, 0.25) is 0 Å². The minimum absolute atomic E-state index is 0.173. The molecule has 0 heterocycles. The van der Waals surface area contributed by atoms with Crippen molar-refractivity contribution < 1.29 is 14.3 Å². The molecule has 0 aliphatic rings. The standard InChI is InChI=1S/C10H9ClO3/c11-6-9(13)10(14-7-12)8-4-2-1-3-5-8/h1-5,7,10H,6H2. The average molecular weight is 213 g/mol. The Hall–Kier alpha value is -1.35. The fraction of sp³-hybridized carbons (Fsp3) is 0.200. The third-order valence-corrected chi connectivity index (χ3v) is 1.98. The van der Waals surface area contributed by atoms with Gasteiger partial charge in [0.05, 0.1) is 5.88 Å². The normalized spacial score (nSPS) is 11.8. The molecule has 0 radical (unpaired) electrons. The molecular formula is C10H9ClO3. The highest BCUT2D eigenvalue weighted by Gasteiger charge is 2.20. The highest BCUT2D eigenvalue weighted by Crippen LogP contribution is 2.17. The van der Waals surface area contributed by atoms with Crippen LogP contribution in [-0.4, -0.2) is 18.1 Å². The lowest BCUT2D eigenvalue weighted by Gasteiger charge is -2.12. The molecule has 0 fully saturated rings. The van der Waals surface area contributed by atoms with E-state index in [2.05, 4.69) is 4.74 Å². The minimum Gasteiger partial charge on any atom is -0.452 e. The van der Waals surface area contributed by atoms with E-state index in [9.17, 15) is 9.59 Å². The number of hydrogen-bond acceptors (Lipinski definition) is 3. The number of alkyl halides is 1. The van der Waals surface area contributed by atoms with Crippen molar-refractivity contribution in [3.05, 3.63) is 35.9 Å². The maximum Gasteiger partial charge on any atom is 0.294 e. The largest absolute Gasteiger partial charge is 0.452 e. The Balaban J connectivity index is 2.88. The van der Waals surface area contributed by atoms with Gasteiger partial charge in [-0.1, -0.05) is 30.3 Å². The zero-order chi connectivity index (χ0) is 10.4. The van der Waals surface area contributed by atoms with E-state index in [1.54, 1.807) is 24.3 Å². The first-order valence-corrected chi connectivity index (χ1v) is 4.55. The molecule has 1 rings (SSSR count). The predicted molar refractivity (Wildman–Crippen MR) is 52.1 cm³/mol. The maximum absolute atomic E-state index is 11.3. The van der Waals surface area contributed by atoms with E-state index in [0.717, 1.165) is 0 Å². The van der Waals surface area contributed by atoms with Crippen molar-refractivity contribution >= 4 is 23.9 Å². The molecule has 0 bridgehead atoms. The number of benzene rings is 1. The van der Waals surface area contributed by atoms with Crippen LogP contribution in [0.15, 0.2) is 30.3 Å². The molecule has 1 aromatic carbocycles. The Bertz CT molecular complexity index is 310. The topological polar surface area (TPSA) is 43.4 Å². The Labute approximate surface area is 86.6 Å². The van der Waals surface area contributed by atoms with Crippen molar-refractivity contribution in [2.24, 2.45) is 0 Å². The van der Waals surface area contributed by atoms with Gasteiger partial charge in [0, 0.05) is 5.56 Å². The number of hydrogen-bond donors (Lipinski definition) is 0. The fourth-order valence-electron chi connectivity index (χ4n) is 1.09. The van der Waals surface area contributed by atoms with Crippen LogP contribution < -0.4 is 0 Å². The molecule has 0 aliphatic heterocycles. The lowest BCUT2D eigenvalue weighted by molar-refractivity contribution is -0.143. The Morgan fingerprint density at radius 1 is 1.43 bits per heavy atom. The van der Waals surface area contributed by atoms with Crippen molar-refractivity contribution in [1.82, 2.24) is 0 Å². The molecule has 0 saturated carbocycles. The fourth-order valence-corrected chi connectivity index (χ4v) is 1.23. The average Bonchev–Trinajstić information content (AvgIpc) is 2.26. The van der Waals surface area contributed by atoms with Crippen molar-refractivity contribution in [2.45, 2.75) is 6.10 Å². The Morgan fingerprint density at radius 3 is 2.57 bits per heavy atom. The van der Waals surface area contributed by atoms with Gasteiger partial charge in [-0.3, -0.25) is 9.59 Å². The molecule has 0 amide bonds. The Kier molecular flexibility index (Phi) is 4.13. The summed E-state index contributed by atoms with van der Waals surface area (Å²) in [6.07, 6.45) is -0.883. The van der Waals surface area contributed by atoms with Crippen molar-refractivity contribution in [1.29, 1.82) is 0 Å². The van der Waals surface area contributed by atoms with Crippen LogP contribution in [0.4, 0.5) is 0 Å². The van der Waals surface area contributed by atoms with E-state index in [-0.39, 0.29) is 18.1 Å². The van der Waals surface area contributed by atoms with Gasteiger partial charge in [-0.05, 0) is 0 Å². The first-order valence-electron chi connectivity index (χ1n) is 4.02. The molecule has 14 heavy (non-hydrogen) atoms. The molecular weight excluding hydrogens is 204 g/mol. The van der Waals surface area contributed by atoms with E-state index in [1.807, 2.05) is 6.07 Å². The monoisotopic (exact) mass is 212 g/mol. The molecule has 0 aromatic heterocycles. The van der Waals surface area contributed by atoms with Crippen LogP contribution in [0, 0.1) is 0 Å². The van der Waals surface area contributed by atoms with Crippen LogP contribution in [0.25, 0.3) is 0 Å². The van der Waals surface area contributed by atoms with E-state index in [0.29, 0.717) is 5.56 Å². The third kappa shape index (κ3) is 2.57. The smallest absolute Gasteiger partial charge is 0.294 e. The van der Waals surface area contributed by atoms with Crippen LogP contribution in [0.3, 0.4) is 0 Å². The van der Waals surface area contributed by atoms with Gasteiger partial charge in [-0.25, -0.2) is 0 Å². The summed E-state index contributed by atoms with van der Waals surface area (Å²) < 4.78 is 4.67. The second-order valence-corrected chi connectivity index (χ2v) is 2.89. The van der Waals surface area contributed by atoms with Gasteiger partial charge >= 0.3 is 0 Å². The van der Waals surface area contributed by atoms with Crippen molar-refractivity contribution in [3.8, 4) is 0 Å². The summed E-state index contributed by atoms with van der Waals surface area (Å²) in [6.45, 7) is 0.252. The molecule has 0 aliphatic carbocycles. The number of ketones is 1. The molecule has 0 saturated heterocycles. The van der Waals surface area contributed by atoms with Gasteiger partial charge in [-0.2, -0.15) is 0 Å². The number of ether oxygens (including phenoxy) is 1. The summed E-state index contributed by atoms with van der Waals surface area (Å²) >= 11 is 5.39. The Morgan fingerprint density at radius 2 is 2.07 bits per heavy atom. The van der Waals surface area contributed by atoms with E-state index in [4.69, 9.17) is 11.6 Å². The third-order valence-electron chi connectivity index (χ3n) is 1.72. The van der Waals surface area contributed by atoms with E-state index < -0.39 is 6.10 Å². The van der Waals surface area contributed by atoms with Crippen molar-refractivity contribution in [2.75, 3.05) is 5.88 Å². The summed E-state index contributed by atoms with van der Waals surface area (Å²) in [4.78, 5) is 21.5. The zero-order valence-electron chi connectivity index (χ0n) is 7.35. The highest BCUT2D eigenvalue weighted by atomic mass is 35.5. The van der Waals surface area contributed by atoms with E-state index >= 15 is 0 Å². The predicted octanol–water partition coefficient (Wildman–Crippen LogP) is 1.71. The van der Waals surface area contributed by atoms with Crippen LogP contribution in [0.1, 0.15) is 11.7 Å². The molecule has 1 unspecified atom stereocenters. The van der Waals surface area contributed by atoms with Crippen LogP contribution in [-0.2, 0) is 14.3 Å². The van der Waals surface area contributed by atoms with Gasteiger partial charge < -0.3 is 4.74 Å². The highest BCUT2D eigenvalue weighted by molar-refractivity contribution is 6.28. The van der Waals surface area contributed by atoms with Gasteiger partial charge in [0.1, 0.15) is 0 Å². The molecule has 0 N–H and O–H groups in total. The summed E-state index contributed by atoms with van der Waals surface area (Å²) in [5.41, 5.74) is 0.630. The summed E-state index contributed by atoms with van der Waals surface area (Å²) in [6, 6.07) is 8.75. The molecule has 0 spiro atoms. The summed E-state index contributed by atoms with van der Waals surface area (Å²) in [7, 11) is 0. The van der Waals surface area contributed by atoms with Crippen molar-refractivity contribution in [3.63, 3.8) is 0 Å². The lowest BCUT2D eigenvalue weighted by atomic mass is 10.1. The second-order valence-electron chi connectivity index (χ2n) is 2.62. The maximum atomic E-state index is 11.3. The second kappa shape index (κ2) is 5.40. The molecule has 3 nitrogen and oxygen atoms in total. The van der Waals surface area contributed by atoms with Gasteiger partial charge in [-0.15, -0.1) is 11.6 Å². The molecule has 74 valence electrons. The number of carbonyl (C=O) groups excluding carboxylic acids is 2. The number of halogens is 1. The molecule has 1 aromatic rings. The minimum atomic E-state index is -0.883.